The Morgan fingerprint density at radius 2 is 2.21 bits per heavy atom. The van der Waals surface area contributed by atoms with Gasteiger partial charge >= 0.3 is 0 Å². The molecule has 2 N–H and O–H groups in total. The molecule has 1 aliphatic rings. The van der Waals surface area contributed by atoms with Crippen molar-refractivity contribution in [2.24, 2.45) is 0 Å². The molecule has 0 fully saturated rings. The summed E-state index contributed by atoms with van der Waals surface area (Å²) in [5, 5.41) is 20.3. The number of likely N-dealkylation sites (N-methyl/N-ethyl adjacent to an activating group) is 1. The van der Waals surface area contributed by atoms with Gasteiger partial charge in [0, 0.05) is 30.4 Å². The van der Waals surface area contributed by atoms with Crippen LogP contribution in [0.15, 0.2) is 35.8 Å². The van der Waals surface area contributed by atoms with E-state index in [4.69, 9.17) is 15.4 Å². The third kappa shape index (κ3) is 3.68. The molecule has 1 aromatic heterocycles. The fourth-order valence-electron chi connectivity index (χ4n) is 2.20. The predicted octanol–water partition coefficient (Wildman–Crippen LogP) is 2.40. The number of ether oxygens (including phenoxy) is 1. The lowest BCUT2D eigenvalue weighted by molar-refractivity contribution is 0.0793. The number of amidine groups is 1. The quantitative estimate of drug-likeness (QED) is 0.864. The zero-order valence-corrected chi connectivity index (χ0v) is 13.4. The van der Waals surface area contributed by atoms with Crippen LogP contribution in [-0.4, -0.2) is 35.8 Å². The molecule has 0 spiro atoms. The zero-order valence-electron chi connectivity index (χ0n) is 13.4. The first-order chi connectivity index (χ1) is 11.3. The SMILES string of the molecule is C=C1NC(C)=C(Cc2ccc(C#N)c(OCC(F)F)n2)C(=N)N1C. The van der Waals surface area contributed by atoms with Crippen molar-refractivity contribution in [2.45, 2.75) is 19.8 Å². The Hall–Kier alpha value is -2.95. The Morgan fingerprint density at radius 1 is 1.50 bits per heavy atom. The molecule has 0 saturated carbocycles. The number of allylic oxidation sites excluding steroid dienone is 1. The molecule has 2 rings (SSSR count). The van der Waals surface area contributed by atoms with Crippen molar-refractivity contribution in [1.29, 1.82) is 10.7 Å². The Morgan fingerprint density at radius 3 is 2.83 bits per heavy atom. The van der Waals surface area contributed by atoms with Crippen molar-refractivity contribution in [1.82, 2.24) is 15.2 Å². The zero-order chi connectivity index (χ0) is 17.9. The molecule has 0 amide bonds. The second-order valence-electron chi connectivity index (χ2n) is 5.23. The first-order valence-corrected chi connectivity index (χ1v) is 7.12. The number of nitriles is 1. The number of aromatic nitrogens is 1. The van der Waals surface area contributed by atoms with Crippen molar-refractivity contribution in [2.75, 3.05) is 13.7 Å². The third-order valence-electron chi connectivity index (χ3n) is 3.55. The minimum atomic E-state index is -2.65. The number of rotatable bonds is 5. The predicted molar refractivity (Wildman–Crippen MR) is 84.6 cm³/mol. The number of hydrogen-bond donors (Lipinski definition) is 2. The maximum atomic E-state index is 12.3. The molecule has 6 nitrogen and oxygen atoms in total. The van der Waals surface area contributed by atoms with Crippen LogP contribution in [0.5, 0.6) is 5.88 Å². The van der Waals surface area contributed by atoms with E-state index in [1.807, 2.05) is 13.0 Å². The van der Waals surface area contributed by atoms with Gasteiger partial charge in [-0.3, -0.25) is 5.41 Å². The molecule has 0 aromatic carbocycles. The van der Waals surface area contributed by atoms with Crippen molar-refractivity contribution < 1.29 is 13.5 Å². The van der Waals surface area contributed by atoms with Gasteiger partial charge < -0.3 is 15.0 Å². The summed E-state index contributed by atoms with van der Waals surface area (Å²) < 4.78 is 29.6. The average molecular weight is 333 g/mol. The smallest absolute Gasteiger partial charge is 0.272 e. The van der Waals surface area contributed by atoms with E-state index in [1.54, 1.807) is 18.0 Å². The summed E-state index contributed by atoms with van der Waals surface area (Å²) in [5.74, 6) is 0.745. The van der Waals surface area contributed by atoms with E-state index in [0.717, 1.165) is 5.70 Å². The highest BCUT2D eigenvalue weighted by Gasteiger charge is 2.22. The Balaban J connectivity index is 2.28. The number of halogens is 2. The summed E-state index contributed by atoms with van der Waals surface area (Å²) >= 11 is 0. The van der Waals surface area contributed by atoms with E-state index >= 15 is 0 Å². The Bertz CT molecular complexity index is 751. The van der Waals surface area contributed by atoms with E-state index in [9.17, 15) is 8.78 Å². The second kappa shape index (κ2) is 7.08. The van der Waals surface area contributed by atoms with E-state index in [0.29, 0.717) is 23.5 Å². The van der Waals surface area contributed by atoms with Crippen LogP contribution in [0.2, 0.25) is 0 Å². The summed E-state index contributed by atoms with van der Waals surface area (Å²) in [6, 6.07) is 4.95. The standard InChI is InChI=1S/C16H17F2N5O/c1-9-13(15(20)23(3)10(2)21-9)6-12-5-4-11(7-19)16(22-12)24-8-14(17)18/h4-5,14,20-21H,2,6,8H2,1,3H3. The van der Waals surface area contributed by atoms with Gasteiger partial charge in [-0.25, -0.2) is 13.8 Å². The van der Waals surface area contributed by atoms with Crippen LogP contribution in [0, 0.1) is 16.7 Å². The second-order valence-corrected chi connectivity index (χ2v) is 5.23. The summed E-state index contributed by atoms with van der Waals surface area (Å²) in [4.78, 5) is 5.74. The molecule has 2 heterocycles. The van der Waals surface area contributed by atoms with Gasteiger partial charge in [0.1, 0.15) is 23.3 Å². The lowest BCUT2D eigenvalue weighted by Gasteiger charge is -2.31. The molecular formula is C16H17F2N5O. The molecule has 0 aliphatic carbocycles. The molecule has 0 radical (unpaired) electrons. The monoisotopic (exact) mass is 333 g/mol. The largest absolute Gasteiger partial charge is 0.471 e. The summed E-state index contributed by atoms with van der Waals surface area (Å²) in [7, 11) is 1.72. The molecule has 24 heavy (non-hydrogen) atoms. The molecule has 126 valence electrons. The maximum absolute atomic E-state index is 12.3. The number of alkyl halides is 2. The van der Waals surface area contributed by atoms with E-state index in [-0.39, 0.29) is 17.3 Å². The molecule has 0 saturated heterocycles. The van der Waals surface area contributed by atoms with Crippen LogP contribution in [0.25, 0.3) is 0 Å². The number of nitrogens with one attached hydrogen (secondary N) is 2. The third-order valence-corrected chi connectivity index (χ3v) is 3.55. The van der Waals surface area contributed by atoms with Crippen LogP contribution < -0.4 is 10.1 Å². The van der Waals surface area contributed by atoms with Gasteiger partial charge in [0.25, 0.3) is 6.43 Å². The van der Waals surface area contributed by atoms with Crippen molar-refractivity contribution in [3.63, 3.8) is 0 Å². The molecule has 0 atom stereocenters. The van der Waals surface area contributed by atoms with Crippen molar-refractivity contribution in [3.8, 4) is 11.9 Å². The lowest BCUT2D eigenvalue weighted by atomic mass is 10.0. The minimum Gasteiger partial charge on any atom is -0.471 e. The molecule has 0 bridgehead atoms. The highest BCUT2D eigenvalue weighted by atomic mass is 19.3. The van der Waals surface area contributed by atoms with Crippen LogP contribution in [0.1, 0.15) is 18.2 Å². The topological polar surface area (TPSA) is 85.0 Å². The van der Waals surface area contributed by atoms with Crippen LogP contribution in [-0.2, 0) is 6.42 Å². The average Bonchev–Trinajstić information content (AvgIpc) is 2.55. The summed E-state index contributed by atoms with van der Waals surface area (Å²) in [5.41, 5.74) is 2.07. The number of pyridine rings is 1. The van der Waals surface area contributed by atoms with Gasteiger partial charge in [-0.05, 0) is 19.1 Å². The highest BCUT2D eigenvalue weighted by Crippen LogP contribution is 2.22. The van der Waals surface area contributed by atoms with E-state index in [1.165, 1.54) is 6.07 Å². The van der Waals surface area contributed by atoms with Gasteiger partial charge in [0.2, 0.25) is 5.88 Å². The Labute approximate surface area is 138 Å². The van der Waals surface area contributed by atoms with Crippen LogP contribution in [0.4, 0.5) is 8.78 Å². The molecule has 8 heteroatoms. The van der Waals surface area contributed by atoms with Gasteiger partial charge in [0.15, 0.2) is 6.61 Å². The fourth-order valence-corrected chi connectivity index (χ4v) is 2.20. The minimum absolute atomic E-state index is 0.0902. The normalized spacial score (nSPS) is 14.8. The van der Waals surface area contributed by atoms with Crippen LogP contribution in [0.3, 0.4) is 0 Å². The molecular weight excluding hydrogens is 316 g/mol. The molecule has 1 aliphatic heterocycles. The van der Waals surface area contributed by atoms with Crippen molar-refractivity contribution in [3.05, 3.63) is 47.1 Å². The summed E-state index contributed by atoms with van der Waals surface area (Å²) in [6.45, 7) is 4.81. The van der Waals surface area contributed by atoms with Gasteiger partial charge in [-0.15, -0.1) is 0 Å². The number of nitrogens with zero attached hydrogens (tertiary/aromatic N) is 3. The van der Waals surface area contributed by atoms with Crippen molar-refractivity contribution >= 4 is 5.84 Å². The lowest BCUT2D eigenvalue weighted by Crippen LogP contribution is -2.39. The van der Waals surface area contributed by atoms with Gasteiger partial charge in [-0.1, -0.05) is 6.58 Å². The fraction of sp³-hybridized carbons (Fsp3) is 0.312. The Kier molecular flexibility index (Phi) is 5.14. The first-order valence-electron chi connectivity index (χ1n) is 7.12. The van der Waals surface area contributed by atoms with E-state index < -0.39 is 13.0 Å². The van der Waals surface area contributed by atoms with Gasteiger partial charge in [-0.2, -0.15) is 5.26 Å². The first kappa shape index (κ1) is 17.4. The maximum Gasteiger partial charge on any atom is 0.272 e. The highest BCUT2D eigenvalue weighted by molar-refractivity contribution is 5.98. The number of hydrogen-bond acceptors (Lipinski definition) is 5. The van der Waals surface area contributed by atoms with Gasteiger partial charge in [0.05, 0.1) is 0 Å². The van der Waals surface area contributed by atoms with E-state index in [2.05, 4.69) is 16.9 Å². The summed E-state index contributed by atoms with van der Waals surface area (Å²) in [6.07, 6.45) is -2.35. The van der Waals surface area contributed by atoms with Crippen LogP contribution >= 0.6 is 0 Å². The molecule has 1 aromatic rings. The molecule has 0 unspecified atom stereocenters.